The maximum absolute atomic E-state index is 12.1. The monoisotopic (exact) mass is 291 g/mol. The first-order chi connectivity index (χ1) is 10.1. The Morgan fingerprint density at radius 3 is 2.48 bits per heavy atom. The van der Waals surface area contributed by atoms with E-state index < -0.39 is 5.97 Å². The molecule has 1 amide bonds. The number of carboxylic acid groups (broad SMARTS) is 1. The van der Waals surface area contributed by atoms with Gasteiger partial charge in [0.25, 0.3) is 0 Å². The minimum atomic E-state index is -0.803. The molecule has 0 aliphatic heterocycles. The van der Waals surface area contributed by atoms with E-state index in [1.165, 1.54) is 0 Å². The Bertz CT molecular complexity index is 498. The zero-order valence-electron chi connectivity index (χ0n) is 12.2. The molecule has 2 atom stereocenters. The highest BCUT2D eigenvalue weighted by molar-refractivity contribution is 5.93. The normalized spacial score (nSPS) is 21.0. The van der Waals surface area contributed by atoms with Gasteiger partial charge in [-0.05, 0) is 49.9 Å². The van der Waals surface area contributed by atoms with E-state index in [-0.39, 0.29) is 17.7 Å². The van der Waals surface area contributed by atoms with Crippen LogP contribution in [0, 0.1) is 11.8 Å². The Kier molecular flexibility index (Phi) is 5.20. The van der Waals surface area contributed by atoms with Gasteiger partial charge in [0.2, 0.25) is 5.91 Å². The van der Waals surface area contributed by atoms with Crippen molar-refractivity contribution in [2.45, 2.75) is 32.6 Å². The molecule has 0 saturated heterocycles. The lowest BCUT2D eigenvalue weighted by atomic mass is 10.0. The second-order valence-electron chi connectivity index (χ2n) is 5.41. The summed E-state index contributed by atoms with van der Waals surface area (Å²) in [6.07, 6.45) is 2.60. The molecule has 1 aliphatic carbocycles. The molecular formula is C16H21NO4. The molecule has 0 aromatic heterocycles. The molecule has 1 aromatic rings. The number of hydrogen-bond acceptors (Lipinski definition) is 3. The van der Waals surface area contributed by atoms with E-state index in [4.69, 9.17) is 9.84 Å². The fourth-order valence-corrected chi connectivity index (χ4v) is 2.54. The topological polar surface area (TPSA) is 75.6 Å². The summed E-state index contributed by atoms with van der Waals surface area (Å²) in [5, 5.41) is 11.8. The molecule has 2 N–H and O–H groups in total. The summed E-state index contributed by atoms with van der Waals surface area (Å²) in [5.41, 5.74) is 0.711. The molecule has 2 rings (SSSR count). The Morgan fingerprint density at radius 2 is 1.90 bits per heavy atom. The lowest BCUT2D eigenvalue weighted by Gasteiger charge is -2.11. The van der Waals surface area contributed by atoms with Crippen molar-refractivity contribution >= 4 is 17.6 Å². The fourth-order valence-electron chi connectivity index (χ4n) is 2.54. The summed E-state index contributed by atoms with van der Waals surface area (Å²) in [7, 11) is 0. The molecule has 0 radical (unpaired) electrons. The number of ether oxygens (including phenoxy) is 1. The second kappa shape index (κ2) is 7.11. The average molecular weight is 291 g/mol. The van der Waals surface area contributed by atoms with Gasteiger partial charge in [-0.2, -0.15) is 0 Å². The van der Waals surface area contributed by atoms with Crippen LogP contribution >= 0.6 is 0 Å². The lowest BCUT2D eigenvalue weighted by Crippen LogP contribution is -2.21. The van der Waals surface area contributed by atoms with Crippen molar-refractivity contribution in [3.63, 3.8) is 0 Å². The summed E-state index contributed by atoms with van der Waals surface area (Å²) in [6.45, 7) is 2.71. The smallest absolute Gasteiger partial charge is 0.306 e. The van der Waals surface area contributed by atoms with Gasteiger partial charge >= 0.3 is 5.97 Å². The largest absolute Gasteiger partial charge is 0.494 e. The van der Waals surface area contributed by atoms with Crippen molar-refractivity contribution in [2.75, 3.05) is 11.9 Å². The van der Waals surface area contributed by atoms with Crippen LogP contribution < -0.4 is 10.1 Å². The minimum absolute atomic E-state index is 0.0963. The van der Waals surface area contributed by atoms with Gasteiger partial charge in [0.05, 0.1) is 12.5 Å². The number of rotatable bonds is 6. The molecule has 21 heavy (non-hydrogen) atoms. The van der Waals surface area contributed by atoms with Crippen LogP contribution in [-0.2, 0) is 9.59 Å². The van der Waals surface area contributed by atoms with E-state index in [2.05, 4.69) is 5.32 Å². The van der Waals surface area contributed by atoms with Gasteiger partial charge in [0.1, 0.15) is 5.75 Å². The number of anilines is 1. The van der Waals surface area contributed by atoms with Gasteiger partial charge in [-0.3, -0.25) is 9.59 Å². The second-order valence-corrected chi connectivity index (χ2v) is 5.41. The highest BCUT2D eigenvalue weighted by atomic mass is 16.5. The predicted octanol–water partition coefficient (Wildman–Crippen LogP) is 2.91. The van der Waals surface area contributed by atoms with Crippen LogP contribution in [-0.4, -0.2) is 23.6 Å². The number of carboxylic acids is 1. The Hall–Kier alpha value is -2.04. The van der Waals surface area contributed by atoms with Crippen LogP contribution in [0.4, 0.5) is 5.69 Å². The molecular weight excluding hydrogens is 270 g/mol. The van der Waals surface area contributed by atoms with E-state index in [9.17, 15) is 9.59 Å². The van der Waals surface area contributed by atoms with Gasteiger partial charge in [0, 0.05) is 11.6 Å². The van der Waals surface area contributed by atoms with E-state index in [1.807, 2.05) is 19.1 Å². The van der Waals surface area contributed by atoms with E-state index in [0.717, 1.165) is 12.2 Å². The van der Waals surface area contributed by atoms with Gasteiger partial charge in [0.15, 0.2) is 0 Å². The third kappa shape index (κ3) is 4.21. The first kappa shape index (κ1) is 15.4. The first-order valence-corrected chi connectivity index (χ1v) is 7.36. The Labute approximate surface area is 124 Å². The van der Waals surface area contributed by atoms with E-state index in [1.54, 1.807) is 12.1 Å². The van der Waals surface area contributed by atoms with E-state index >= 15 is 0 Å². The zero-order chi connectivity index (χ0) is 15.2. The maximum atomic E-state index is 12.1. The number of aliphatic carboxylic acids is 1. The molecule has 0 heterocycles. The van der Waals surface area contributed by atoms with E-state index in [0.29, 0.717) is 31.6 Å². The van der Waals surface area contributed by atoms with Crippen LogP contribution in [0.2, 0.25) is 0 Å². The molecule has 1 aliphatic rings. The van der Waals surface area contributed by atoms with Crippen LogP contribution in [0.1, 0.15) is 32.6 Å². The minimum Gasteiger partial charge on any atom is -0.494 e. The van der Waals surface area contributed by atoms with Crippen LogP contribution in [0.15, 0.2) is 24.3 Å². The zero-order valence-corrected chi connectivity index (χ0v) is 12.2. The highest BCUT2D eigenvalue weighted by Gasteiger charge is 2.33. The summed E-state index contributed by atoms with van der Waals surface area (Å²) in [4.78, 5) is 23.0. The molecule has 2 unspecified atom stereocenters. The predicted molar refractivity (Wildman–Crippen MR) is 79.3 cm³/mol. The lowest BCUT2D eigenvalue weighted by molar-refractivity contribution is -0.141. The van der Waals surface area contributed by atoms with Gasteiger partial charge in [-0.1, -0.05) is 6.92 Å². The van der Waals surface area contributed by atoms with Crippen molar-refractivity contribution in [2.24, 2.45) is 11.8 Å². The molecule has 1 aromatic carbocycles. The van der Waals surface area contributed by atoms with Crippen molar-refractivity contribution in [3.8, 4) is 5.75 Å². The molecule has 5 nitrogen and oxygen atoms in total. The molecule has 0 bridgehead atoms. The molecule has 114 valence electrons. The number of carbonyl (C=O) groups is 2. The van der Waals surface area contributed by atoms with Gasteiger partial charge in [-0.25, -0.2) is 0 Å². The Morgan fingerprint density at radius 1 is 1.24 bits per heavy atom. The van der Waals surface area contributed by atoms with Crippen molar-refractivity contribution in [3.05, 3.63) is 24.3 Å². The first-order valence-electron chi connectivity index (χ1n) is 7.36. The highest BCUT2D eigenvalue weighted by Crippen LogP contribution is 2.32. The standard InChI is InChI=1S/C16H21NO4/c1-2-9-21-14-7-5-13(6-8-14)17-15(18)11-3-4-12(10-11)16(19)20/h5-8,11-12H,2-4,9-10H2,1H3,(H,17,18)(H,19,20). The molecule has 0 spiro atoms. The van der Waals surface area contributed by atoms with Gasteiger partial charge < -0.3 is 15.2 Å². The summed E-state index contributed by atoms with van der Waals surface area (Å²) in [6, 6.07) is 7.24. The fraction of sp³-hybridized carbons (Fsp3) is 0.500. The van der Waals surface area contributed by atoms with Crippen LogP contribution in [0.5, 0.6) is 5.75 Å². The summed E-state index contributed by atoms with van der Waals surface area (Å²) in [5.74, 6) is -0.710. The van der Waals surface area contributed by atoms with Crippen molar-refractivity contribution < 1.29 is 19.4 Å². The SMILES string of the molecule is CCCOc1ccc(NC(=O)C2CCC(C(=O)O)C2)cc1. The molecule has 5 heteroatoms. The third-order valence-electron chi connectivity index (χ3n) is 3.75. The molecule has 1 fully saturated rings. The quantitative estimate of drug-likeness (QED) is 0.845. The van der Waals surface area contributed by atoms with Gasteiger partial charge in [-0.15, -0.1) is 0 Å². The summed E-state index contributed by atoms with van der Waals surface area (Å²) >= 11 is 0. The number of benzene rings is 1. The van der Waals surface area contributed by atoms with Crippen LogP contribution in [0.3, 0.4) is 0 Å². The third-order valence-corrected chi connectivity index (χ3v) is 3.75. The summed E-state index contributed by atoms with van der Waals surface area (Å²) < 4.78 is 5.48. The number of nitrogens with one attached hydrogen (secondary N) is 1. The number of amides is 1. The number of carbonyl (C=O) groups excluding carboxylic acids is 1. The van der Waals surface area contributed by atoms with Crippen LogP contribution in [0.25, 0.3) is 0 Å². The Balaban J connectivity index is 1.87. The maximum Gasteiger partial charge on any atom is 0.306 e. The van der Waals surface area contributed by atoms with Crippen molar-refractivity contribution in [1.29, 1.82) is 0 Å². The van der Waals surface area contributed by atoms with Crippen molar-refractivity contribution in [1.82, 2.24) is 0 Å². The molecule has 1 saturated carbocycles. The average Bonchev–Trinajstić information content (AvgIpc) is 2.97. The number of hydrogen-bond donors (Lipinski definition) is 2.